The highest BCUT2D eigenvalue weighted by molar-refractivity contribution is 6.18. The van der Waals surface area contributed by atoms with Crippen molar-refractivity contribution in [3.05, 3.63) is 12.2 Å². The van der Waals surface area contributed by atoms with Gasteiger partial charge in [-0.05, 0) is 0 Å². The van der Waals surface area contributed by atoms with Crippen LogP contribution >= 0.6 is 11.6 Å². The molecule has 0 aliphatic rings. The molecule has 0 aliphatic heterocycles. The number of rotatable bonds is 5. The summed E-state index contributed by atoms with van der Waals surface area (Å²) >= 11 is 5.26. The smallest absolute Gasteiger partial charge is 0.377 e. The van der Waals surface area contributed by atoms with Gasteiger partial charge < -0.3 is 4.74 Å². The monoisotopic (exact) mass is 202 g/mol. The zero-order chi connectivity index (χ0) is 9.45. The first kappa shape index (κ1) is 11.8. The molecule has 0 aliphatic carbocycles. The molecule has 0 aromatic carbocycles. The second kappa shape index (κ2) is 6.31. The molecule has 0 radical (unpaired) electrons. The van der Waals surface area contributed by atoms with Gasteiger partial charge in [0.1, 0.15) is 0 Å². The van der Waals surface area contributed by atoms with Gasteiger partial charge in [-0.15, -0.1) is 11.6 Å². The van der Waals surface area contributed by atoms with Crippen molar-refractivity contribution >= 4 is 11.6 Å². The van der Waals surface area contributed by atoms with E-state index < -0.39 is 12.6 Å². The fourth-order valence-corrected chi connectivity index (χ4v) is 0.596. The standard InChI is InChI=1S/C7H10ClF3O/c8-4-1-2-5-12-6-3-7(9,10)11/h1-2H,3-6H2/b2-1+. The third kappa shape index (κ3) is 9.78. The molecule has 12 heavy (non-hydrogen) atoms. The highest BCUT2D eigenvalue weighted by Gasteiger charge is 2.26. The lowest BCUT2D eigenvalue weighted by atomic mass is 10.4. The van der Waals surface area contributed by atoms with Crippen LogP contribution in [0.5, 0.6) is 0 Å². The number of hydrogen-bond acceptors (Lipinski definition) is 1. The molecule has 5 heteroatoms. The molecule has 0 aromatic heterocycles. The average Bonchev–Trinajstić information content (AvgIpc) is 1.94. The van der Waals surface area contributed by atoms with E-state index in [4.69, 9.17) is 11.6 Å². The van der Waals surface area contributed by atoms with Crippen LogP contribution in [0.25, 0.3) is 0 Å². The van der Waals surface area contributed by atoms with Gasteiger partial charge in [-0.2, -0.15) is 13.2 Å². The fourth-order valence-electron chi connectivity index (χ4n) is 0.470. The summed E-state index contributed by atoms with van der Waals surface area (Å²) in [5.41, 5.74) is 0. The minimum absolute atomic E-state index is 0.183. The van der Waals surface area contributed by atoms with Crippen LogP contribution in [0.3, 0.4) is 0 Å². The summed E-state index contributed by atoms with van der Waals surface area (Å²) in [7, 11) is 0. The molecule has 0 atom stereocenters. The Labute approximate surface area is 74.2 Å². The van der Waals surface area contributed by atoms with Crippen molar-refractivity contribution in [3.8, 4) is 0 Å². The van der Waals surface area contributed by atoms with Gasteiger partial charge in [-0.3, -0.25) is 0 Å². The molecule has 0 saturated heterocycles. The molecular formula is C7H10ClF3O. The Morgan fingerprint density at radius 1 is 1.25 bits per heavy atom. The van der Waals surface area contributed by atoms with Crippen LogP contribution in [-0.4, -0.2) is 25.3 Å². The maximum Gasteiger partial charge on any atom is 0.391 e. The van der Waals surface area contributed by atoms with Crippen molar-refractivity contribution in [1.82, 2.24) is 0 Å². The highest BCUT2D eigenvalue weighted by atomic mass is 35.5. The summed E-state index contributed by atoms with van der Waals surface area (Å²) in [6, 6.07) is 0. The molecule has 72 valence electrons. The van der Waals surface area contributed by atoms with E-state index in [9.17, 15) is 13.2 Å². The molecule has 0 spiro atoms. The van der Waals surface area contributed by atoms with Gasteiger partial charge in [0.25, 0.3) is 0 Å². The Kier molecular flexibility index (Phi) is 6.20. The van der Waals surface area contributed by atoms with Gasteiger partial charge in [-0.1, -0.05) is 12.2 Å². The molecule has 0 saturated carbocycles. The maximum atomic E-state index is 11.5. The number of halogens is 4. The molecule has 0 amide bonds. The fraction of sp³-hybridized carbons (Fsp3) is 0.714. The Balaban J connectivity index is 3.17. The van der Waals surface area contributed by atoms with Crippen LogP contribution in [0.4, 0.5) is 13.2 Å². The number of hydrogen-bond donors (Lipinski definition) is 0. The van der Waals surface area contributed by atoms with Gasteiger partial charge >= 0.3 is 6.18 Å². The van der Waals surface area contributed by atoms with Crippen LogP contribution in [-0.2, 0) is 4.74 Å². The van der Waals surface area contributed by atoms with Crippen molar-refractivity contribution in [2.24, 2.45) is 0 Å². The van der Waals surface area contributed by atoms with E-state index in [1.165, 1.54) is 0 Å². The van der Waals surface area contributed by atoms with E-state index in [1.807, 2.05) is 0 Å². The van der Waals surface area contributed by atoms with E-state index in [1.54, 1.807) is 12.2 Å². The van der Waals surface area contributed by atoms with Gasteiger partial charge in [0.2, 0.25) is 0 Å². The van der Waals surface area contributed by atoms with Crippen LogP contribution in [0.1, 0.15) is 6.42 Å². The van der Waals surface area contributed by atoms with Crippen molar-refractivity contribution in [3.63, 3.8) is 0 Å². The summed E-state index contributed by atoms with van der Waals surface area (Å²) in [4.78, 5) is 0. The summed E-state index contributed by atoms with van der Waals surface area (Å²) in [6.45, 7) is -0.112. The largest absolute Gasteiger partial charge is 0.391 e. The Morgan fingerprint density at radius 3 is 2.42 bits per heavy atom. The molecule has 0 bridgehead atoms. The van der Waals surface area contributed by atoms with Crippen molar-refractivity contribution in [2.45, 2.75) is 12.6 Å². The molecule has 0 rings (SSSR count). The zero-order valence-electron chi connectivity index (χ0n) is 6.40. The van der Waals surface area contributed by atoms with Crippen molar-refractivity contribution in [1.29, 1.82) is 0 Å². The highest BCUT2D eigenvalue weighted by Crippen LogP contribution is 2.18. The van der Waals surface area contributed by atoms with Gasteiger partial charge in [0.15, 0.2) is 0 Å². The summed E-state index contributed by atoms with van der Waals surface area (Å²) in [5, 5.41) is 0. The first-order valence-corrected chi connectivity index (χ1v) is 3.95. The van der Waals surface area contributed by atoms with Crippen LogP contribution in [0, 0.1) is 0 Å². The summed E-state index contributed by atoms with van der Waals surface area (Å²) < 4.78 is 39.2. The molecular weight excluding hydrogens is 193 g/mol. The predicted octanol–water partition coefficient (Wildman–Crippen LogP) is 2.75. The lowest BCUT2D eigenvalue weighted by Crippen LogP contribution is -2.11. The number of alkyl halides is 4. The van der Waals surface area contributed by atoms with Crippen molar-refractivity contribution in [2.75, 3.05) is 19.1 Å². The third-order valence-electron chi connectivity index (χ3n) is 1.000. The molecule has 1 nitrogen and oxygen atoms in total. The topological polar surface area (TPSA) is 9.23 Å². The summed E-state index contributed by atoms with van der Waals surface area (Å²) in [5.74, 6) is 0.350. The third-order valence-corrected chi connectivity index (χ3v) is 1.18. The SMILES string of the molecule is FC(F)(F)CCOC/C=C/CCl. The molecule has 0 aromatic rings. The van der Waals surface area contributed by atoms with Gasteiger partial charge in [-0.25, -0.2) is 0 Å². The van der Waals surface area contributed by atoms with Crippen LogP contribution < -0.4 is 0 Å². The van der Waals surface area contributed by atoms with E-state index >= 15 is 0 Å². The van der Waals surface area contributed by atoms with E-state index in [2.05, 4.69) is 4.74 Å². The second-order valence-corrected chi connectivity index (χ2v) is 2.37. The average molecular weight is 203 g/mol. The van der Waals surface area contributed by atoms with Crippen LogP contribution in [0.15, 0.2) is 12.2 Å². The maximum absolute atomic E-state index is 11.5. The Bertz CT molecular complexity index is 133. The lowest BCUT2D eigenvalue weighted by molar-refractivity contribution is -0.144. The minimum Gasteiger partial charge on any atom is -0.377 e. The second-order valence-electron chi connectivity index (χ2n) is 2.07. The molecule has 0 heterocycles. The first-order valence-electron chi connectivity index (χ1n) is 3.41. The van der Waals surface area contributed by atoms with E-state index in [0.717, 1.165) is 0 Å². The van der Waals surface area contributed by atoms with Gasteiger partial charge in [0.05, 0.1) is 19.6 Å². The number of ether oxygens (including phenoxy) is 1. The Hall–Kier alpha value is -0.220. The first-order chi connectivity index (χ1) is 5.56. The van der Waals surface area contributed by atoms with Gasteiger partial charge in [0, 0.05) is 5.88 Å². The summed E-state index contributed by atoms with van der Waals surface area (Å²) in [6.07, 6.45) is -1.82. The predicted molar refractivity (Wildman–Crippen MR) is 41.4 cm³/mol. The lowest BCUT2D eigenvalue weighted by Gasteiger charge is -2.04. The quantitative estimate of drug-likeness (QED) is 0.378. The molecule has 0 N–H and O–H groups in total. The van der Waals surface area contributed by atoms with Crippen molar-refractivity contribution < 1.29 is 17.9 Å². The minimum atomic E-state index is -4.13. The normalized spacial score (nSPS) is 12.7. The van der Waals surface area contributed by atoms with E-state index in [0.29, 0.717) is 5.88 Å². The number of allylic oxidation sites excluding steroid dienone is 1. The molecule has 0 unspecified atom stereocenters. The Morgan fingerprint density at radius 2 is 1.92 bits per heavy atom. The zero-order valence-corrected chi connectivity index (χ0v) is 7.16. The van der Waals surface area contributed by atoms with E-state index in [-0.39, 0.29) is 13.2 Å². The molecule has 0 fully saturated rings. The van der Waals surface area contributed by atoms with Crippen LogP contribution in [0.2, 0.25) is 0 Å².